The molecule has 1 N–H and O–H groups in total. The highest BCUT2D eigenvalue weighted by molar-refractivity contribution is 5.88. The minimum Gasteiger partial charge on any atom is -0.478 e. The van der Waals surface area contributed by atoms with Crippen molar-refractivity contribution < 1.29 is 9.90 Å². The summed E-state index contributed by atoms with van der Waals surface area (Å²) < 4.78 is 0. The number of piperidine rings is 1. The lowest BCUT2D eigenvalue weighted by Gasteiger charge is -2.36. The highest BCUT2D eigenvalue weighted by atomic mass is 16.4. The van der Waals surface area contributed by atoms with Crippen molar-refractivity contribution in [2.24, 2.45) is 0 Å². The first-order chi connectivity index (χ1) is 9.52. The molecule has 1 aliphatic rings. The van der Waals surface area contributed by atoms with Gasteiger partial charge in [-0.05, 0) is 43.7 Å². The van der Waals surface area contributed by atoms with Crippen LogP contribution in [0.3, 0.4) is 0 Å². The number of aromatic carboxylic acids is 1. The van der Waals surface area contributed by atoms with E-state index < -0.39 is 5.97 Å². The van der Waals surface area contributed by atoms with Crippen LogP contribution in [0.2, 0.25) is 0 Å². The number of anilines is 1. The Morgan fingerprint density at radius 3 is 2.80 bits per heavy atom. The van der Waals surface area contributed by atoms with Crippen molar-refractivity contribution in [3.05, 3.63) is 23.4 Å². The lowest BCUT2D eigenvalue weighted by Crippen LogP contribution is -2.39. The molecule has 0 amide bonds. The fraction of sp³-hybridized carbons (Fsp3) is 0.625. The molecule has 1 aliphatic heterocycles. The first kappa shape index (κ1) is 14.8. The van der Waals surface area contributed by atoms with Gasteiger partial charge in [0.1, 0.15) is 5.82 Å². The Morgan fingerprint density at radius 1 is 1.45 bits per heavy atom. The number of aromatic nitrogens is 1. The number of rotatable bonds is 4. The average Bonchev–Trinajstić information content (AvgIpc) is 2.46. The first-order valence-electron chi connectivity index (χ1n) is 7.54. The van der Waals surface area contributed by atoms with E-state index in [1.807, 2.05) is 13.8 Å². The van der Waals surface area contributed by atoms with Crippen molar-refractivity contribution in [3.63, 3.8) is 0 Å². The summed E-state index contributed by atoms with van der Waals surface area (Å²) in [4.78, 5) is 18.3. The Hall–Kier alpha value is -1.58. The molecule has 1 fully saturated rings. The van der Waals surface area contributed by atoms with Crippen LogP contribution in [0, 0.1) is 0 Å². The van der Waals surface area contributed by atoms with Gasteiger partial charge < -0.3 is 10.0 Å². The molecule has 4 nitrogen and oxygen atoms in total. The van der Waals surface area contributed by atoms with Gasteiger partial charge in [-0.25, -0.2) is 9.78 Å². The second kappa shape index (κ2) is 6.25. The van der Waals surface area contributed by atoms with Gasteiger partial charge in [-0.2, -0.15) is 0 Å². The summed E-state index contributed by atoms with van der Waals surface area (Å²) in [6.07, 6.45) is 4.67. The van der Waals surface area contributed by atoms with Gasteiger partial charge in [0.15, 0.2) is 0 Å². The standard InChI is InChI=1S/C16H24N2O2/c1-4-13-7-5-6-8-18(13)15-10-12(16(19)20)9-14(17-15)11(2)3/h9-11,13H,4-8H2,1-3H3,(H,19,20). The summed E-state index contributed by atoms with van der Waals surface area (Å²) in [5.41, 5.74) is 1.21. The van der Waals surface area contributed by atoms with E-state index in [-0.39, 0.29) is 5.92 Å². The summed E-state index contributed by atoms with van der Waals surface area (Å²) in [7, 11) is 0. The van der Waals surface area contributed by atoms with Crippen LogP contribution < -0.4 is 4.90 Å². The minimum atomic E-state index is -0.874. The zero-order valence-corrected chi connectivity index (χ0v) is 12.6. The molecule has 0 bridgehead atoms. The van der Waals surface area contributed by atoms with Crippen LogP contribution in [-0.2, 0) is 0 Å². The Morgan fingerprint density at radius 2 is 2.20 bits per heavy atom. The summed E-state index contributed by atoms with van der Waals surface area (Å²) >= 11 is 0. The summed E-state index contributed by atoms with van der Waals surface area (Å²) in [6, 6.07) is 3.91. The zero-order valence-electron chi connectivity index (χ0n) is 12.6. The molecular formula is C16H24N2O2. The van der Waals surface area contributed by atoms with Crippen LogP contribution in [0.5, 0.6) is 0 Å². The predicted octanol–water partition coefficient (Wildman–Crippen LogP) is 3.67. The van der Waals surface area contributed by atoms with E-state index in [0.717, 1.165) is 30.9 Å². The maximum absolute atomic E-state index is 11.3. The maximum Gasteiger partial charge on any atom is 0.335 e. The topological polar surface area (TPSA) is 53.4 Å². The van der Waals surface area contributed by atoms with Gasteiger partial charge in [0, 0.05) is 18.3 Å². The molecule has 2 heterocycles. The number of carbonyl (C=O) groups is 1. The van der Waals surface area contributed by atoms with Crippen LogP contribution in [-0.4, -0.2) is 28.6 Å². The number of hydrogen-bond acceptors (Lipinski definition) is 3. The average molecular weight is 276 g/mol. The summed E-state index contributed by atoms with van der Waals surface area (Å²) in [5, 5.41) is 9.29. The van der Waals surface area contributed by atoms with Gasteiger partial charge >= 0.3 is 5.97 Å². The van der Waals surface area contributed by atoms with Crippen molar-refractivity contribution in [3.8, 4) is 0 Å². The van der Waals surface area contributed by atoms with E-state index in [9.17, 15) is 9.90 Å². The lowest BCUT2D eigenvalue weighted by atomic mass is 9.99. The molecule has 2 rings (SSSR count). The molecule has 1 atom stereocenters. The van der Waals surface area contributed by atoms with E-state index in [0.29, 0.717) is 11.6 Å². The number of carboxylic acid groups (broad SMARTS) is 1. The third-order valence-corrected chi connectivity index (χ3v) is 4.06. The smallest absolute Gasteiger partial charge is 0.335 e. The lowest BCUT2D eigenvalue weighted by molar-refractivity contribution is 0.0696. The van der Waals surface area contributed by atoms with Gasteiger partial charge in [-0.15, -0.1) is 0 Å². The Kier molecular flexibility index (Phi) is 4.63. The third kappa shape index (κ3) is 3.11. The molecule has 0 aliphatic carbocycles. The third-order valence-electron chi connectivity index (χ3n) is 4.06. The molecule has 0 saturated carbocycles. The van der Waals surface area contributed by atoms with Crippen LogP contribution in [0.25, 0.3) is 0 Å². The molecule has 1 saturated heterocycles. The summed E-state index contributed by atoms with van der Waals surface area (Å²) in [6.45, 7) is 7.26. The predicted molar refractivity (Wildman–Crippen MR) is 80.6 cm³/mol. The van der Waals surface area contributed by atoms with Crippen molar-refractivity contribution >= 4 is 11.8 Å². The van der Waals surface area contributed by atoms with Gasteiger partial charge in [0.2, 0.25) is 0 Å². The molecule has 0 aromatic carbocycles. The maximum atomic E-state index is 11.3. The van der Waals surface area contributed by atoms with E-state index >= 15 is 0 Å². The molecule has 1 aromatic rings. The number of hydrogen-bond donors (Lipinski definition) is 1. The highest BCUT2D eigenvalue weighted by Crippen LogP contribution is 2.27. The van der Waals surface area contributed by atoms with Crippen molar-refractivity contribution in [2.45, 2.75) is 58.4 Å². The normalized spacial score (nSPS) is 19.4. The van der Waals surface area contributed by atoms with Crippen molar-refractivity contribution in [1.82, 2.24) is 4.98 Å². The molecule has 0 radical (unpaired) electrons. The van der Waals surface area contributed by atoms with Crippen LogP contribution in [0.4, 0.5) is 5.82 Å². The SMILES string of the molecule is CCC1CCCCN1c1cc(C(=O)O)cc(C(C)C)n1. The van der Waals surface area contributed by atoms with E-state index in [4.69, 9.17) is 4.98 Å². The molecule has 4 heteroatoms. The molecule has 1 unspecified atom stereocenters. The van der Waals surface area contributed by atoms with Gasteiger partial charge in [-0.1, -0.05) is 20.8 Å². The Balaban J connectivity index is 2.40. The Bertz CT molecular complexity index is 485. The quantitative estimate of drug-likeness (QED) is 0.911. The van der Waals surface area contributed by atoms with E-state index in [1.54, 1.807) is 12.1 Å². The minimum absolute atomic E-state index is 0.234. The van der Waals surface area contributed by atoms with Crippen molar-refractivity contribution in [1.29, 1.82) is 0 Å². The van der Waals surface area contributed by atoms with Gasteiger partial charge in [0.05, 0.1) is 5.56 Å². The van der Waals surface area contributed by atoms with Gasteiger partial charge in [-0.3, -0.25) is 0 Å². The molecule has 20 heavy (non-hydrogen) atoms. The number of carboxylic acids is 1. The number of nitrogens with zero attached hydrogens (tertiary/aromatic N) is 2. The first-order valence-corrected chi connectivity index (χ1v) is 7.54. The second-order valence-electron chi connectivity index (χ2n) is 5.85. The number of pyridine rings is 1. The van der Waals surface area contributed by atoms with Crippen LogP contribution >= 0.6 is 0 Å². The van der Waals surface area contributed by atoms with Crippen molar-refractivity contribution in [2.75, 3.05) is 11.4 Å². The monoisotopic (exact) mass is 276 g/mol. The van der Waals surface area contributed by atoms with Crippen LogP contribution in [0.1, 0.15) is 68.4 Å². The van der Waals surface area contributed by atoms with E-state index in [2.05, 4.69) is 11.8 Å². The summed E-state index contributed by atoms with van der Waals surface area (Å²) in [5.74, 6) is 0.193. The fourth-order valence-corrected chi connectivity index (χ4v) is 2.83. The van der Waals surface area contributed by atoms with Gasteiger partial charge in [0.25, 0.3) is 0 Å². The second-order valence-corrected chi connectivity index (χ2v) is 5.85. The van der Waals surface area contributed by atoms with Crippen LogP contribution in [0.15, 0.2) is 12.1 Å². The fourth-order valence-electron chi connectivity index (χ4n) is 2.83. The Labute approximate surface area is 120 Å². The van der Waals surface area contributed by atoms with E-state index in [1.165, 1.54) is 12.8 Å². The molecular weight excluding hydrogens is 252 g/mol. The highest BCUT2D eigenvalue weighted by Gasteiger charge is 2.23. The molecule has 1 aromatic heterocycles. The molecule has 0 spiro atoms. The largest absolute Gasteiger partial charge is 0.478 e. The zero-order chi connectivity index (χ0) is 14.7. The molecule has 110 valence electrons.